The van der Waals surface area contributed by atoms with Gasteiger partial charge in [-0.1, -0.05) is 0 Å². The Morgan fingerprint density at radius 3 is 3.11 bits per heavy atom. The Kier molecular flexibility index (Phi) is 2.79. The van der Waals surface area contributed by atoms with E-state index in [-0.39, 0.29) is 5.88 Å². The van der Waals surface area contributed by atoms with E-state index >= 15 is 0 Å². The van der Waals surface area contributed by atoms with E-state index < -0.39 is 0 Å². The fourth-order valence-corrected chi connectivity index (χ4v) is 2.40. The third-order valence-corrected chi connectivity index (χ3v) is 3.35. The lowest BCUT2D eigenvalue weighted by Gasteiger charge is -1.99. The van der Waals surface area contributed by atoms with Crippen LogP contribution in [-0.2, 0) is 6.54 Å². The van der Waals surface area contributed by atoms with E-state index in [2.05, 4.69) is 15.0 Å². The van der Waals surface area contributed by atoms with E-state index in [9.17, 15) is 5.11 Å². The van der Waals surface area contributed by atoms with Crippen molar-refractivity contribution in [2.24, 2.45) is 4.99 Å². The van der Waals surface area contributed by atoms with Crippen LogP contribution in [0, 0.1) is 4.77 Å². The maximum Gasteiger partial charge on any atom is 0.217 e. The van der Waals surface area contributed by atoms with Crippen LogP contribution >= 0.6 is 12.2 Å². The molecular weight excluding hydrogens is 260 g/mol. The molecule has 2 N–H and O–H groups in total. The maximum absolute atomic E-state index is 10.1. The summed E-state index contributed by atoms with van der Waals surface area (Å²) in [7, 11) is 0. The molecule has 96 valence electrons. The van der Waals surface area contributed by atoms with Crippen LogP contribution in [-0.4, -0.2) is 25.9 Å². The number of rotatable bonds is 2. The fourth-order valence-electron chi connectivity index (χ4n) is 2.07. The van der Waals surface area contributed by atoms with Gasteiger partial charge in [0.05, 0.1) is 0 Å². The first-order chi connectivity index (χ1) is 9.20. The number of aromatic nitrogens is 3. The number of H-pyrrole nitrogens is 1. The van der Waals surface area contributed by atoms with Gasteiger partial charge in [0.1, 0.15) is 5.69 Å². The van der Waals surface area contributed by atoms with Crippen LogP contribution in [0.15, 0.2) is 23.3 Å². The molecule has 2 aromatic rings. The van der Waals surface area contributed by atoms with Gasteiger partial charge in [-0.15, -0.1) is 0 Å². The van der Waals surface area contributed by atoms with Crippen molar-refractivity contribution < 1.29 is 5.11 Å². The van der Waals surface area contributed by atoms with Crippen LogP contribution in [0.25, 0.3) is 11.6 Å². The molecule has 6 heteroatoms. The predicted molar refractivity (Wildman–Crippen MR) is 77.2 cm³/mol. The standard InChI is InChI=1S/C13H12N4OS/c1-2-17-12(18)10(16-13(17)19)6-8-7-15-11-9(8)4-3-5-14-11/h3-7,18H,2H2,1H3,(H,16,19). The fraction of sp³-hybridized carbons (Fsp3) is 0.154. The molecule has 0 radical (unpaired) electrons. The van der Waals surface area contributed by atoms with Crippen molar-refractivity contribution in [1.82, 2.24) is 14.5 Å². The van der Waals surface area contributed by atoms with Crippen LogP contribution in [0.3, 0.4) is 0 Å². The SMILES string of the molecule is CCn1c(O)c(C=C2C=Nc3ncccc32)[nH]c1=S. The van der Waals surface area contributed by atoms with Crippen LogP contribution in [0.5, 0.6) is 5.88 Å². The van der Waals surface area contributed by atoms with E-state index in [1.54, 1.807) is 17.0 Å². The second-order valence-electron chi connectivity index (χ2n) is 4.14. The van der Waals surface area contributed by atoms with Gasteiger partial charge in [-0.2, -0.15) is 0 Å². The summed E-state index contributed by atoms with van der Waals surface area (Å²) in [5.41, 5.74) is 2.44. The van der Waals surface area contributed by atoms with E-state index in [0.29, 0.717) is 22.8 Å². The summed E-state index contributed by atoms with van der Waals surface area (Å²) in [5, 5.41) is 10.1. The topological polar surface area (TPSA) is 66.2 Å². The van der Waals surface area contributed by atoms with Crippen molar-refractivity contribution >= 4 is 35.9 Å². The van der Waals surface area contributed by atoms with Crippen LogP contribution in [0.1, 0.15) is 18.2 Å². The number of aromatic amines is 1. The number of aromatic hydroxyl groups is 1. The summed E-state index contributed by atoms with van der Waals surface area (Å²) < 4.78 is 2.14. The molecule has 3 rings (SSSR count). The molecule has 0 aromatic carbocycles. The lowest BCUT2D eigenvalue weighted by Crippen LogP contribution is -1.92. The monoisotopic (exact) mass is 272 g/mol. The quantitative estimate of drug-likeness (QED) is 0.826. The highest BCUT2D eigenvalue weighted by atomic mass is 32.1. The highest BCUT2D eigenvalue weighted by molar-refractivity contribution is 7.71. The lowest BCUT2D eigenvalue weighted by atomic mass is 10.1. The molecule has 0 unspecified atom stereocenters. The summed E-state index contributed by atoms with van der Waals surface area (Å²) in [6.45, 7) is 2.55. The molecule has 0 saturated carbocycles. The predicted octanol–water partition coefficient (Wildman–Crippen LogP) is 2.92. The maximum atomic E-state index is 10.1. The largest absolute Gasteiger partial charge is 0.493 e. The number of pyridine rings is 1. The summed E-state index contributed by atoms with van der Waals surface area (Å²) >= 11 is 5.15. The van der Waals surface area contributed by atoms with Crippen molar-refractivity contribution in [3.05, 3.63) is 34.4 Å². The average Bonchev–Trinajstić information content (AvgIpc) is 2.93. The third-order valence-electron chi connectivity index (χ3n) is 3.02. The van der Waals surface area contributed by atoms with Crippen LogP contribution in [0.2, 0.25) is 0 Å². The first kappa shape index (κ1) is 11.9. The minimum atomic E-state index is 0.144. The van der Waals surface area contributed by atoms with E-state index in [1.165, 1.54) is 0 Å². The Morgan fingerprint density at radius 1 is 1.53 bits per heavy atom. The zero-order valence-electron chi connectivity index (χ0n) is 10.3. The summed E-state index contributed by atoms with van der Waals surface area (Å²) in [4.78, 5) is 11.4. The number of aliphatic imine (C=N–C) groups is 1. The molecule has 0 fully saturated rings. The highest BCUT2D eigenvalue weighted by Gasteiger charge is 2.14. The number of hydrogen-bond acceptors (Lipinski definition) is 4. The molecule has 0 saturated heterocycles. The van der Waals surface area contributed by atoms with Gasteiger partial charge < -0.3 is 10.1 Å². The van der Waals surface area contributed by atoms with E-state index in [0.717, 1.165) is 11.1 Å². The average molecular weight is 272 g/mol. The van der Waals surface area contributed by atoms with Crippen molar-refractivity contribution in [2.45, 2.75) is 13.5 Å². The van der Waals surface area contributed by atoms with Crippen LogP contribution < -0.4 is 0 Å². The molecule has 0 amide bonds. The Labute approximate surface area is 115 Å². The number of allylic oxidation sites excluding steroid dienone is 1. The first-order valence-corrected chi connectivity index (χ1v) is 6.34. The van der Waals surface area contributed by atoms with Gasteiger partial charge in [-0.3, -0.25) is 4.57 Å². The number of nitrogens with one attached hydrogen (secondary N) is 1. The van der Waals surface area contributed by atoms with E-state index in [4.69, 9.17) is 12.2 Å². The minimum Gasteiger partial charge on any atom is -0.493 e. The second kappa shape index (κ2) is 4.47. The molecule has 5 nitrogen and oxygen atoms in total. The molecule has 2 aromatic heterocycles. The third kappa shape index (κ3) is 1.90. The summed E-state index contributed by atoms with van der Waals surface area (Å²) in [6.07, 6.45) is 5.27. The van der Waals surface area contributed by atoms with Gasteiger partial charge >= 0.3 is 0 Å². The number of nitrogens with zero attached hydrogens (tertiary/aromatic N) is 3. The smallest absolute Gasteiger partial charge is 0.217 e. The highest BCUT2D eigenvalue weighted by Crippen LogP contribution is 2.31. The molecular formula is C13H12N4OS. The number of hydrogen-bond donors (Lipinski definition) is 2. The van der Waals surface area contributed by atoms with Crippen molar-refractivity contribution in [3.63, 3.8) is 0 Å². The molecule has 1 aliphatic rings. The number of imidazole rings is 1. The van der Waals surface area contributed by atoms with Gasteiger partial charge in [-0.05, 0) is 37.4 Å². The first-order valence-electron chi connectivity index (χ1n) is 5.93. The van der Waals surface area contributed by atoms with Gasteiger partial charge in [0.2, 0.25) is 5.88 Å². The minimum absolute atomic E-state index is 0.144. The lowest BCUT2D eigenvalue weighted by molar-refractivity contribution is 0.419. The molecule has 1 aliphatic heterocycles. The van der Waals surface area contributed by atoms with Gasteiger partial charge in [0, 0.05) is 30.1 Å². The molecule has 0 atom stereocenters. The zero-order valence-corrected chi connectivity index (χ0v) is 11.1. The zero-order chi connectivity index (χ0) is 13.4. The molecule has 0 spiro atoms. The van der Waals surface area contributed by atoms with E-state index in [1.807, 2.05) is 25.1 Å². The molecule has 19 heavy (non-hydrogen) atoms. The number of fused-ring (bicyclic) bond motifs is 1. The van der Waals surface area contributed by atoms with Crippen molar-refractivity contribution in [2.75, 3.05) is 0 Å². The van der Waals surface area contributed by atoms with Gasteiger partial charge in [0.15, 0.2) is 10.6 Å². The Hall–Kier alpha value is -2.21. The van der Waals surface area contributed by atoms with Crippen molar-refractivity contribution in [1.29, 1.82) is 0 Å². The van der Waals surface area contributed by atoms with Gasteiger partial charge in [-0.25, -0.2) is 9.98 Å². The Bertz CT molecular complexity index is 754. The van der Waals surface area contributed by atoms with Gasteiger partial charge in [0.25, 0.3) is 0 Å². The van der Waals surface area contributed by atoms with Crippen molar-refractivity contribution in [3.8, 4) is 5.88 Å². The summed E-state index contributed by atoms with van der Waals surface area (Å²) in [5.74, 6) is 0.840. The normalized spacial score (nSPS) is 15.1. The Morgan fingerprint density at radius 2 is 2.37 bits per heavy atom. The molecule has 3 heterocycles. The molecule has 0 bridgehead atoms. The second-order valence-corrected chi connectivity index (χ2v) is 4.53. The molecule has 0 aliphatic carbocycles. The summed E-state index contributed by atoms with van der Waals surface area (Å²) in [6, 6.07) is 3.81. The Balaban J connectivity index is 2.10. The van der Waals surface area contributed by atoms with Crippen LogP contribution in [0.4, 0.5) is 5.82 Å².